The van der Waals surface area contributed by atoms with Crippen LogP contribution in [0.4, 0.5) is 5.95 Å². The maximum absolute atomic E-state index is 13.0. The molecule has 0 saturated carbocycles. The van der Waals surface area contributed by atoms with E-state index in [-0.39, 0.29) is 19.1 Å². The second kappa shape index (κ2) is 11.4. The molecule has 2 aliphatic rings. The fourth-order valence-electron chi connectivity index (χ4n) is 3.90. The molecule has 1 aromatic carbocycles. The van der Waals surface area contributed by atoms with Gasteiger partial charge in [-0.05, 0) is 30.4 Å². The minimum absolute atomic E-state index is 0.0460. The van der Waals surface area contributed by atoms with Crippen LogP contribution in [-0.2, 0) is 19.1 Å². The Morgan fingerprint density at radius 3 is 2.71 bits per heavy atom. The highest BCUT2D eigenvalue weighted by atomic mass is 32.2. The summed E-state index contributed by atoms with van der Waals surface area (Å²) < 4.78 is 18.1. The number of hydrogen-bond acceptors (Lipinski definition) is 9. The van der Waals surface area contributed by atoms with Gasteiger partial charge in [0.05, 0.1) is 18.8 Å². The molecule has 1 N–H and O–H groups in total. The first-order chi connectivity index (χ1) is 17.0. The van der Waals surface area contributed by atoms with Gasteiger partial charge >= 0.3 is 5.97 Å². The van der Waals surface area contributed by atoms with Crippen molar-refractivity contribution < 1.29 is 23.8 Å². The number of morpholine rings is 1. The van der Waals surface area contributed by atoms with E-state index in [9.17, 15) is 9.59 Å². The van der Waals surface area contributed by atoms with E-state index < -0.39 is 12.0 Å². The maximum atomic E-state index is 13.0. The van der Waals surface area contributed by atoms with Crippen LogP contribution in [0.15, 0.2) is 53.3 Å². The van der Waals surface area contributed by atoms with Gasteiger partial charge in [0.2, 0.25) is 11.1 Å². The van der Waals surface area contributed by atoms with Gasteiger partial charge in [0.1, 0.15) is 18.4 Å². The summed E-state index contributed by atoms with van der Waals surface area (Å²) >= 11 is 1.52. The van der Waals surface area contributed by atoms with E-state index in [0.29, 0.717) is 54.4 Å². The van der Waals surface area contributed by atoms with Crippen molar-refractivity contribution in [2.24, 2.45) is 0 Å². The highest BCUT2D eigenvalue weighted by Gasteiger charge is 2.35. The van der Waals surface area contributed by atoms with E-state index in [1.807, 2.05) is 26.0 Å². The minimum Gasteiger partial charge on any atom is -0.484 e. The molecule has 1 fully saturated rings. The highest BCUT2D eigenvalue weighted by Crippen LogP contribution is 2.37. The topological polar surface area (TPSA) is 108 Å². The molecule has 1 atom stereocenters. The number of esters is 1. The number of fused-ring (bicyclic) bond motifs is 1. The number of carbonyl (C=O) groups excluding carboxylic acids is 2. The summed E-state index contributed by atoms with van der Waals surface area (Å²) in [6.07, 6.45) is 1.53. The molecule has 2 aliphatic heterocycles. The van der Waals surface area contributed by atoms with Crippen LogP contribution in [0.2, 0.25) is 0 Å². The van der Waals surface area contributed by atoms with E-state index in [2.05, 4.69) is 22.0 Å². The molecule has 0 radical (unpaired) electrons. The minimum atomic E-state index is -0.536. The van der Waals surface area contributed by atoms with Crippen LogP contribution >= 0.6 is 11.8 Å². The van der Waals surface area contributed by atoms with Crippen LogP contribution in [0.5, 0.6) is 5.75 Å². The van der Waals surface area contributed by atoms with E-state index in [4.69, 9.17) is 14.2 Å². The molecule has 3 heterocycles. The Labute approximate surface area is 208 Å². The molecule has 1 unspecified atom stereocenters. The normalized spacial score (nSPS) is 17.4. The maximum Gasteiger partial charge on any atom is 0.338 e. The highest BCUT2D eigenvalue weighted by molar-refractivity contribution is 7.99. The van der Waals surface area contributed by atoms with Crippen molar-refractivity contribution in [3.05, 3.63) is 53.8 Å². The van der Waals surface area contributed by atoms with Crippen LogP contribution in [-0.4, -0.2) is 76.8 Å². The van der Waals surface area contributed by atoms with Crippen molar-refractivity contribution in [3.63, 3.8) is 0 Å². The molecule has 0 bridgehead atoms. The molecular weight excluding hydrogens is 470 g/mol. The van der Waals surface area contributed by atoms with Crippen molar-refractivity contribution in [1.29, 1.82) is 0 Å². The van der Waals surface area contributed by atoms with Crippen molar-refractivity contribution in [2.75, 3.05) is 50.6 Å². The van der Waals surface area contributed by atoms with Crippen molar-refractivity contribution >= 4 is 29.6 Å². The van der Waals surface area contributed by atoms with Crippen LogP contribution < -0.4 is 10.1 Å². The predicted octanol–water partition coefficient (Wildman–Crippen LogP) is 2.65. The summed E-state index contributed by atoms with van der Waals surface area (Å²) in [6, 6.07) is 6.74. The van der Waals surface area contributed by atoms with Gasteiger partial charge in [-0.1, -0.05) is 43.5 Å². The molecule has 1 saturated heterocycles. The van der Waals surface area contributed by atoms with Gasteiger partial charge in [0.15, 0.2) is 6.61 Å². The van der Waals surface area contributed by atoms with Gasteiger partial charge in [-0.2, -0.15) is 4.98 Å². The van der Waals surface area contributed by atoms with E-state index >= 15 is 0 Å². The molecule has 0 spiro atoms. The number of amides is 1. The number of nitrogens with zero attached hydrogens (tertiary/aromatic N) is 4. The number of benzene rings is 1. The SMILES string of the molecule is C=CCOC(=O)C1=C(C)Nc2nc(SCC)nn2C1c1ccc(OCC(=O)N2CCOCC2)cc1. The van der Waals surface area contributed by atoms with Crippen molar-refractivity contribution in [3.8, 4) is 5.75 Å². The number of carbonyl (C=O) groups is 2. The quantitative estimate of drug-likeness (QED) is 0.316. The lowest BCUT2D eigenvalue weighted by Gasteiger charge is -2.28. The Kier molecular flexibility index (Phi) is 8.09. The van der Waals surface area contributed by atoms with Gasteiger partial charge < -0.3 is 24.4 Å². The number of ether oxygens (including phenoxy) is 3. The number of rotatable bonds is 9. The summed E-state index contributed by atoms with van der Waals surface area (Å²) in [6.45, 7) is 9.76. The zero-order valence-corrected chi connectivity index (χ0v) is 20.7. The standard InChI is InChI=1S/C24H29N5O5S/c1-4-12-33-22(31)20-16(3)25-23-26-24(35-5-2)27-29(23)21(20)17-6-8-18(9-7-17)34-15-19(30)28-10-13-32-14-11-28/h4,6-9,21H,1,5,10-15H2,2-3H3,(H,25,26,27). The van der Waals surface area contributed by atoms with E-state index in [1.54, 1.807) is 21.7 Å². The van der Waals surface area contributed by atoms with Gasteiger partial charge in [-0.3, -0.25) is 4.79 Å². The van der Waals surface area contributed by atoms with Gasteiger partial charge in [0.25, 0.3) is 5.91 Å². The fraction of sp³-hybridized carbons (Fsp3) is 0.417. The lowest BCUT2D eigenvalue weighted by molar-refractivity contribution is -0.138. The summed E-state index contributed by atoms with van der Waals surface area (Å²) in [5.41, 5.74) is 1.89. The third-order valence-corrected chi connectivity index (χ3v) is 6.30. The van der Waals surface area contributed by atoms with Gasteiger partial charge in [-0.25, -0.2) is 9.48 Å². The number of hydrogen-bond donors (Lipinski definition) is 1. The van der Waals surface area contributed by atoms with Crippen LogP contribution in [0.1, 0.15) is 25.5 Å². The summed E-state index contributed by atoms with van der Waals surface area (Å²) in [4.78, 5) is 31.6. The fourth-order valence-corrected chi connectivity index (χ4v) is 4.46. The number of aromatic nitrogens is 3. The third-order valence-electron chi connectivity index (χ3n) is 5.58. The first-order valence-electron chi connectivity index (χ1n) is 11.4. The molecular formula is C24H29N5O5S. The molecule has 0 aliphatic carbocycles. The van der Waals surface area contributed by atoms with E-state index in [1.165, 1.54) is 17.8 Å². The Morgan fingerprint density at radius 1 is 1.29 bits per heavy atom. The lowest BCUT2D eigenvalue weighted by Crippen LogP contribution is -2.42. The summed E-state index contributed by atoms with van der Waals surface area (Å²) in [5.74, 6) is 1.41. The zero-order chi connectivity index (χ0) is 24.8. The third kappa shape index (κ3) is 5.68. The Morgan fingerprint density at radius 2 is 2.03 bits per heavy atom. The van der Waals surface area contributed by atoms with Crippen LogP contribution in [0.3, 0.4) is 0 Å². The predicted molar refractivity (Wildman–Crippen MR) is 131 cm³/mol. The smallest absolute Gasteiger partial charge is 0.338 e. The molecule has 11 heteroatoms. The van der Waals surface area contributed by atoms with Crippen LogP contribution in [0.25, 0.3) is 0 Å². The molecule has 10 nitrogen and oxygen atoms in total. The monoisotopic (exact) mass is 499 g/mol. The Balaban J connectivity index is 1.56. The number of nitrogens with one attached hydrogen (secondary N) is 1. The van der Waals surface area contributed by atoms with Gasteiger partial charge in [-0.15, -0.1) is 5.10 Å². The Hall–Kier alpha value is -3.31. The zero-order valence-electron chi connectivity index (χ0n) is 19.9. The second-order valence-corrected chi connectivity index (χ2v) is 9.13. The summed E-state index contributed by atoms with van der Waals surface area (Å²) in [5, 5.41) is 8.43. The molecule has 2 aromatic rings. The van der Waals surface area contributed by atoms with Crippen LogP contribution in [0, 0.1) is 0 Å². The average Bonchev–Trinajstić information content (AvgIpc) is 3.28. The first kappa shape index (κ1) is 24.8. The Bertz CT molecular complexity index is 1110. The summed E-state index contributed by atoms with van der Waals surface area (Å²) in [7, 11) is 0. The molecule has 35 heavy (non-hydrogen) atoms. The average molecular weight is 500 g/mol. The largest absolute Gasteiger partial charge is 0.484 e. The molecule has 1 amide bonds. The van der Waals surface area contributed by atoms with Crippen molar-refractivity contribution in [2.45, 2.75) is 25.0 Å². The number of thioether (sulfide) groups is 1. The molecule has 4 rings (SSSR count). The van der Waals surface area contributed by atoms with Gasteiger partial charge in [0, 0.05) is 18.8 Å². The molecule has 1 aromatic heterocycles. The number of allylic oxidation sites excluding steroid dienone is 1. The first-order valence-corrected chi connectivity index (χ1v) is 12.4. The lowest BCUT2D eigenvalue weighted by atomic mass is 9.96. The van der Waals surface area contributed by atoms with E-state index in [0.717, 1.165) is 11.3 Å². The second-order valence-electron chi connectivity index (χ2n) is 7.90. The van der Waals surface area contributed by atoms with Crippen molar-refractivity contribution in [1.82, 2.24) is 19.7 Å². The molecule has 186 valence electrons. The number of anilines is 1.